The standard InChI is InChI=1S/C22H24FN3O3.C2HF3O2/c1-24-13-20(27)26(18-5-3-4-17(23)12-18)15-22(24)10-11-25(14-22)21(28)16-6-8-19(29-2)9-7-16;3-2(4,5)1(6)7/h3-9,12H,10-11,13-15H2,1-2H3;(H,6,7). The smallest absolute Gasteiger partial charge is 0.490 e. The fourth-order valence-corrected chi connectivity index (χ4v) is 4.23. The highest BCUT2D eigenvalue weighted by Crippen LogP contribution is 2.34. The second-order valence-electron chi connectivity index (χ2n) is 8.55. The number of carboxylic acids is 1. The maximum Gasteiger partial charge on any atom is 0.490 e. The third-order valence-corrected chi connectivity index (χ3v) is 6.25. The van der Waals surface area contributed by atoms with Crippen LogP contribution in [0.5, 0.6) is 5.75 Å². The molecule has 0 aromatic heterocycles. The van der Waals surface area contributed by atoms with E-state index in [-0.39, 0.29) is 29.7 Å². The summed E-state index contributed by atoms with van der Waals surface area (Å²) >= 11 is 0. The Labute approximate surface area is 204 Å². The van der Waals surface area contributed by atoms with E-state index in [4.69, 9.17) is 14.6 Å². The fraction of sp³-hybridized carbons (Fsp3) is 0.375. The van der Waals surface area contributed by atoms with Crippen LogP contribution in [0.15, 0.2) is 48.5 Å². The van der Waals surface area contributed by atoms with Gasteiger partial charge in [0, 0.05) is 30.9 Å². The number of halogens is 4. The number of hydrogen-bond donors (Lipinski definition) is 1. The predicted octanol–water partition coefficient (Wildman–Crippen LogP) is 3.03. The zero-order chi connectivity index (χ0) is 26.7. The average Bonchev–Trinajstić information content (AvgIpc) is 3.26. The molecular formula is C24H25F4N3O5. The minimum atomic E-state index is -5.08. The summed E-state index contributed by atoms with van der Waals surface area (Å²) in [5.41, 5.74) is 0.823. The molecule has 1 spiro atoms. The number of carbonyl (C=O) groups excluding carboxylic acids is 2. The zero-order valence-electron chi connectivity index (χ0n) is 19.6. The van der Waals surface area contributed by atoms with E-state index in [0.717, 1.165) is 6.42 Å². The Hall–Kier alpha value is -3.67. The van der Waals surface area contributed by atoms with Crippen molar-refractivity contribution in [2.45, 2.75) is 18.1 Å². The highest BCUT2D eigenvalue weighted by Gasteiger charge is 2.48. The molecule has 1 N–H and O–H groups in total. The van der Waals surface area contributed by atoms with Crippen LogP contribution in [0.1, 0.15) is 16.8 Å². The minimum absolute atomic E-state index is 0.0351. The van der Waals surface area contributed by atoms with Crippen LogP contribution in [0, 0.1) is 5.82 Å². The van der Waals surface area contributed by atoms with Gasteiger partial charge in [0.1, 0.15) is 11.6 Å². The monoisotopic (exact) mass is 511 g/mol. The number of amides is 2. The number of carbonyl (C=O) groups is 3. The Morgan fingerprint density at radius 1 is 1.08 bits per heavy atom. The SMILES string of the molecule is COc1ccc(C(=O)N2CCC3(C2)CN(c2cccc(F)c2)C(=O)CN3C)cc1.O=C(O)C(F)(F)F. The number of alkyl halides is 3. The summed E-state index contributed by atoms with van der Waals surface area (Å²) < 4.78 is 50.6. The molecule has 2 aromatic rings. The molecule has 2 amide bonds. The van der Waals surface area contributed by atoms with Crippen LogP contribution in [0.3, 0.4) is 0 Å². The highest BCUT2D eigenvalue weighted by atomic mass is 19.4. The van der Waals surface area contributed by atoms with Gasteiger partial charge in [0.05, 0.1) is 19.2 Å². The molecule has 194 valence electrons. The van der Waals surface area contributed by atoms with Gasteiger partial charge in [-0.05, 0) is 55.9 Å². The number of nitrogens with zero attached hydrogens (tertiary/aromatic N) is 3. The number of carboxylic acid groups (broad SMARTS) is 1. The van der Waals surface area contributed by atoms with Crippen LogP contribution in [0.25, 0.3) is 0 Å². The van der Waals surface area contributed by atoms with Gasteiger partial charge in [-0.15, -0.1) is 0 Å². The lowest BCUT2D eigenvalue weighted by molar-refractivity contribution is -0.192. The molecule has 2 heterocycles. The van der Waals surface area contributed by atoms with Gasteiger partial charge >= 0.3 is 12.1 Å². The molecule has 4 rings (SSSR count). The normalized spacial score (nSPS) is 20.2. The number of piperazine rings is 1. The molecule has 2 saturated heterocycles. The molecule has 1 atom stereocenters. The Balaban J connectivity index is 0.000000454. The van der Waals surface area contributed by atoms with E-state index < -0.39 is 12.1 Å². The predicted molar refractivity (Wildman–Crippen MR) is 121 cm³/mol. The van der Waals surface area contributed by atoms with Gasteiger partial charge in [-0.2, -0.15) is 13.2 Å². The van der Waals surface area contributed by atoms with Crippen molar-refractivity contribution in [2.24, 2.45) is 0 Å². The van der Waals surface area contributed by atoms with Crippen molar-refractivity contribution in [3.63, 3.8) is 0 Å². The highest BCUT2D eigenvalue weighted by molar-refractivity contribution is 5.97. The summed E-state index contributed by atoms with van der Waals surface area (Å²) in [5, 5.41) is 7.12. The summed E-state index contributed by atoms with van der Waals surface area (Å²) in [6, 6.07) is 13.2. The summed E-state index contributed by atoms with van der Waals surface area (Å²) in [4.78, 5) is 40.0. The van der Waals surface area contributed by atoms with E-state index in [1.807, 2.05) is 16.8 Å². The maximum absolute atomic E-state index is 13.7. The second kappa shape index (κ2) is 10.5. The first-order chi connectivity index (χ1) is 16.9. The summed E-state index contributed by atoms with van der Waals surface area (Å²) in [5.74, 6) is -2.52. The molecule has 2 aliphatic rings. The van der Waals surface area contributed by atoms with Crippen LogP contribution < -0.4 is 9.64 Å². The molecule has 36 heavy (non-hydrogen) atoms. The van der Waals surface area contributed by atoms with E-state index in [0.29, 0.717) is 36.6 Å². The zero-order valence-corrected chi connectivity index (χ0v) is 19.6. The molecule has 12 heteroatoms. The third kappa shape index (κ3) is 5.93. The topological polar surface area (TPSA) is 90.4 Å². The van der Waals surface area contributed by atoms with Gasteiger partial charge in [0.25, 0.3) is 5.91 Å². The molecule has 2 aliphatic heterocycles. The largest absolute Gasteiger partial charge is 0.497 e. The van der Waals surface area contributed by atoms with Crippen LogP contribution in [0.4, 0.5) is 23.2 Å². The number of benzene rings is 2. The molecule has 2 fully saturated rings. The quantitative estimate of drug-likeness (QED) is 0.638. The van der Waals surface area contributed by atoms with Crippen LogP contribution in [-0.4, -0.2) is 84.7 Å². The number of aliphatic carboxylic acids is 1. The van der Waals surface area contributed by atoms with Crippen LogP contribution in [0.2, 0.25) is 0 Å². The van der Waals surface area contributed by atoms with Crippen molar-refractivity contribution in [3.05, 3.63) is 59.9 Å². The van der Waals surface area contributed by atoms with Crippen molar-refractivity contribution in [1.29, 1.82) is 0 Å². The summed E-state index contributed by atoms with van der Waals surface area (Å²) in [7, 11) is 3.51. The number of ether oxygens (including phenoxy) is 1. The van der Waals surface area contributed by atoms with E-state index in [1.165, 1.54) is 12.1 Å². The Morgan fingerprint density at radius 3 is 2.28 bits per heavy atom. The molecule has 0 bridgehead atoms. The van der Waals surface area contributed by atoms with Crippen molar-refractivity contribution in [1.82, 2.24) is 9.80 Å². The van der Waals surface area contributed by atoms with Crippen molar-refractivity contribution in [2.75, 3.05) is 45.2 Å². The van der Waals surface area contributed by atoms with Crippen molar-refractivity contribution < 1.29 is 41.8 Å². The van der Waals surface area contributed by atoms with Gasteiger partial charge in [-0.1, -0.05) is 6.07 Å². The van der Waals surface area contributed by atoms with E-state index in [1.54, 1.807) is 48.4 Å². The first kappa shape index (κ1) is 26.9. The lowest BCUT2D eigenvalue weighted by atomic mass is 9.92. The van der Waals surface area contributed by atoms with Crippen molar-refractivity contribution in [3.8, 4) is 5.75 Å². The first-order valence-electron chi connectivity index (χ1n) is 10.9. The van der Waals surface area contributed by atoms with Gasteiger partial charge in [-0.3, -0.25) is 14.5 Å². The van der Waals surface area contributed by atoms with Gasteiger partial charge in [0.15, 0.2) is 0 Å². The average molecular weight is 511 g/mol. The van der Waals surface area contributed by atoms with E-state index in [9.17, 15) is 27.2 Å². The minimum Gasteiger partial charge on any atom is -0.497 e. The first-order valence-corrected chi connectivity index (χ1v) is 10.9. The molecular weight excluding hydrogens is 486 g/mol. The number of rotatable bonds is 3. The lowest BCUT2D eigenvalue weighted by Crippen LogP contribution is -2.64. The number of hydrogen-bond acceptors (Lipinski definition) is 5. The summed E-state index contributed by atoms with van der Waals surface area (Å²) in [6.07, 6.45) is -4.33. The van der Waals surface area contributed by atoms with Crippen LogP contribution in [-0.2, 0) is 9.59 Å². The molecule has 2 aromatic carbocycles. The summed E-state index contributed by atoms with van der Waals surface area (Å²) in [6.45, 7) is 1.80. The molecule has 0 radical (unpaired) electrons. The number of methoxy groups -OCH3 is 1. The molecule has 1 unspecified atom stereocenters. The van der Waals surface area contributed by atoms with E-state index >= 15 is 0 Å². The molecule has 0 aliphatic carbocycles. The van der Waals surface area contributed by atoms with Gasteiger partial charge < -0.3 is 19.6 Å². The van der Waals surface area contributed by atoms with Gasteiger partial charge in [-0.25, -0.2) is 9.18 Å². The Bertz CT molecular complexity index is 1130. The maximum atomic E-state index is 13.7. The number of likely N-dealkylation sites (tertiary alicyclic amines) is 1. The fourth-order valence-electron chi connectivity index (χ4n) is 4.23. The van der Waals surface area contributed by atoms with Crippen LogP contribution >= 0.6 is 0 Å². The Kier molecular flexibility index (Phi) is 7.87. The number of likely N-dealkylation sites (N-methyl/N-ethyl adjacent to an activating group) is 1. The second-order valence-corrected chi connectivity index (χ2v) is 8.55. The van der Waals surface area contributed by atoms with E-state index in [2.05, 4.69) is 0 Å². The number of anilines is 1. The Morgan fingerprint density at radius 2 is 1.72 bits per heavy atom. The molecule has 8 nitrogen and oxygen atoms in total. The van der Waals surface area contributed by atoms with Crippen molar-refractivity contribution >= 4 is 23.5 Å². The third-order valence-electron chi connectivity index (χ3n) is 6.25. The molecule has 0 saturated carbocycles. The lowest BCUT2D eigenvalue weighted by Gasteiger charge is -2.46. The van der Waals surface area contributed by atoms with Gasteiger partial charge in [0.2, 0.25) is 5.91 Å².